The highest BCUT2D eigenvalue weighted by Crippen LogP contribution is 2.30. The van der Waals surface area contributed by atoms with Gasteiger partial charge in [-0.2, -0.15) is 0 Å². The molecule has 3 N–H and O–H groups in total. The van der Waals surface area contributed by atoms with Crippen LogP contribution in [-0.2, 0) is 0 Å². The van der Waals surface area contributed by atoms with Gasteiger partial charge in [0, 0.05) is 29.4 Å². The molecule has 0 aliphatic carbocycles. The first-order chi connectivity index (χ1) is 9.49. The van der Waals surface area contributed by atoms with Crippen LogP contribution in [0.4, 0.5) is 5.69 Å². The summed E-state index contributed by atoms with van der Waals surface area (Å²) >= 11 is 6.03. The zero-order chi connectivity index (χ0) is 14.7. The molecule has 4 heteroatoms. The van der Waals surface area contributed by atoms with E-state index in [0.717, 1.165) is 36.2 Å². The average molecular weight is 294 g/mol. The lowest BCUT2D eigenvalue weighted by molar-refractivity contribution is 0.351. The summed E-state index contributed by atoms with van der Waals surface area (Å²) in [6.45, 7) is 6.68. The summed E-state index contributed by atoms with van der Waals surface area (Å²) in [5.41, 5.74) is 7.50. The Morgan fingerprint density at radius 2 is 2.10 bits per heavy atom. The molecule has 1 aliphatic heterocycles. The van der Waals surface area contributed by atoms with E-state index in [1.807, 2.05) is 12.1 Å². The van der Waals surface area contributed by atoms with Crippen LogP contribution >= 0.6 is 11.6 Å². The van der Waals surface area contributed by atoms with E-state index in [4.69, 9.17) is 22.7 Å². The van der Waals surface area contributed by atoms with Crippen LogP contribution < -0.4 is 10.6 Å². The molecule has 1 unspecified atom stereocenters. The van der Waals surface area contributed by atoms with Gasteiger partial charge in [-0.25, -0.2) is 0 Å². The quantitative estimate of drug-likeness (QED) is 0.656. The highest BCUT2D eigenvalue weighted by Gasteiger charge is 2.21. The van der Waals surface area contributed by atoms with E-state index in [0.29, 0.717) is 5.02 Å². The van der Waals surface area contributed by atoms with Gasteiger partial charge in [0.25, 0.3) is 0 Å². The van der Waals surface area contributed by atoms with Gasteiger partial charge in [0.15, 0.2) is 0 Å². The molecule has 2 rings (SSSR count). The van der Waals surface area contributed by atoms with Crippen LogP contribution in [0.3, 0.4) is 0 Å². The maximum atomic E-state index is 7.75. The third kappa shape index (κ3) is 3.45. The minimum absolute atomic E-state index is 0.0900. The first kappa shape index (κ1) is 15.2. The third-order valence-corrected chi connectivity index (χ3v) is 4.54. The van der Waals surface area contributed by atoms with Crippen molar-refractivity contribution in [1.82, 2.24) is 0 Å². The second kappa shape index (κ2) is 6.49. The predicted octanol–water partition coefficient (Wildman–Crippen LogP) is 3.89. The summed E-state index contributed by atoms with van der Waals surface area (Å²) in [4.78, 5) is 2.36. The number of nitrogens with two attached hydrogens (primary N) is 1. The van der Waals surface area contributed by atoms with E-state index in [1.165, 1.54) is 19.3 Å². The van der Waals surface area contributed by atoms with Gasteiger partial charge in [-0.1, -0.05) is 25.4 Å². The lowest BCUT2D eigenvalue weighted by Gasteiger charge is -2.26. The van der Waals surface area contributed by atoms with Crippen molar-refractivity contribution in [3.05, 3.63) is 28.8 Å². The van der Waals surface area contributed by atoms with Crippen molar-refractivity contribution in [2.24, 2.45) is 17.6 Å². The van der Waals surface area contributed by atoms with Crippen molar-refractivity contribution in [2.75, 3.05) is 18.0 Å². The van der Waals surface area contributed by atoms with Crippen molar-refractivity contribution in [1.29, 1.82) is 5.41 Å². The van der Waals surface area contributed by atoms with Crippen molar-refractivity contribution >= 4 is 23.1 Å². The van der Waals surface area contributed by atoms with Gasteiger partial charge in [0.2, 0.25) is 0 Å². The molecule has 3 nitrogen and oxygen atoms in total. The summed E-state index contributed by atoms with van der Waals surface area (Å²) in [5.74, 6) is 1.63. The molecule has 1 saturated heterocycles. The van der Waals surface area contributed by atoms with Crippen LogP contribution in [0.2, 0.25) is 5.02 Å². The van der Waals surface area contributed by atoms with Gasteiger partial charge < -0.3 is 10.6 Å². The lowest BCUT2D eigenvalue weighted by atomic mass is 9.89. The van der Waals surface area contributed by atoms with Gasteiger partial charge in [-0.3, -0.25) is 5.41 Å². The van der Waals surface area contributed by atoms with Crippen LogP contribution in [0.1, 0.15) is 38.7 Å². The summed E-state index contributed by atoms with van der Waals surface area (Å²) in [7, 11) is 0. The molecule has 0 aromatic heterocycles. The number of hydrogen-bond donors (Lipinski definition) is 2. The maximum Gasteiger partial charge on any atom is 0.124 e. The average Bonchev–Trinajstić information content (AvgIpc) is 2.64. The zero-order valence-electron chi connectivity index (χ0n) is 12.3. The van der Waals surface area contributed by atoms with Crippen LogP contribution in [0.15, 0.2) is 18.2 Å². The van der Waals surface area contributed by atoms with Crippen LogP contribution in [0, 0.1) is 17.2 Å². The molecule has 0 radical (unpaired) electrons. The lowest BCUT2D eigenvalue weighted by Crippen LogP contribution is -2.27. The molecule has 1 aromatic carbocycles. The molecule has 1 atom stereocenters. The maximum absolute atomic E-state index is 7.75. The third-order valence-electron chi connectivity index (χ3n) is 4.31. The number of halogens is 1. The standard InChI is InChI=1S/C16H24ClN3/c1-11(2)12-4-3-8-20(9-7-12)15-6-5-13(17)10-14(15)16(18)19/h5-6,10-12H,3-4,7-9H2,1-2H3,(H3,18,19). The van der Waals surface area contributed by atoms with E-state index in [2.05, 4.69) is 18.7 Å². The molecule has 20 heavy (non-hydrogen) atoms. The predicted molar refractivity (Wildman–Crippen MR) is 86.9 cm³/mol. The Balaban J connectivity index is 2.21. The molecule has 110 valence electrons. The second-order valence-electron chi connectivity index (χ2n) is 6.00. The van der Waals surface area contributed by atoms with E-state index in [1.54, 1.807) is 6.07 Å². The van der Waals surface area contributed by atoms with Crippen LogP contribution in [0.25, 0.3) is 0 Å². The number of benzene rings is 1. The summed E-state index contributed by atoms with van der Waals surface area (Å²) in [6, 6.07) is 5.67. The molecular weight excluding hydrogens is 270 g/mol. The Labute approximate surface area is 126 Å². The fraction of sp³-hybridized carbons (Fsp3) is 0.562. The first-order valence-corrected chi connectivity index (χ1v) is 7.75. The molecule has 1 heterocycles. The van der Waals surface area contributed by atoms with Gasteiger partial charge in [-0.15, -0.1) is 0 Å². The highest BCUT2D eigenvalue weighted by molar-refractivity contribution is 6.31. The topological polar surface area (TPSA) is 53.1 Å². The van der Waals surface area contributed by atoms with Crippen molar-refractivity contribution < 1.29 is 0 Å². The zero-order valence-corrected chi connectivity index (χ0v) is 13.1. The van der Waals surface area contributed by atoms with Gasteiger partial charge in [0.1, 0.15) is 5.84 Å². The number of hydrogen-bond acceptors (Lipinski definition) is 2. The molecule has 1 fully saturated rings. The highest BCUT2D eigenvalue weighted by atomic mass is 35.5. The molecule has 1 aliphatic rings. The minimum atomic E-state index is 0.0900. The number of nitrogens with zero attached hydrogens (tertiary/aromatic N) is 1. The molecule has 0 amide bonds. The number of amidine groups is 1. The van der Waals surface area contributed by atoms with E-state index < -0.39 is 0 Å². The van der Waals surface area contributed by atoms with Crippen molar-refractivity contribution in [3.8, 4) is 0 Å². The Bertz CT molecular complexity index is 485. The molecule has 1 aromatic rings. The van der Waals surface area contributed by atoms with Gasteiger partial charge >= 0.3 is 0 Å². The second-order valence-corrected chi connectivity index (χ2v) is 6.43. The summed E-state index contributed by atoms with van der Waals surface area (Å²) < 4.78 is 0. The Hall–Kier alpha value is -1.22. The number of rotatable bonds is 3. The van der Waals surface area contributed by atoms with E-state index in [9.17, 15) is 0 Å². The summed E-state index contributed by atoms with van der Waals surface area (Å²) in [6.07, 6.45) is 3.69. The van der Waals surface area contributed by atoms with Crippen molar-refractivity contribution in [2.45, 2.75) is 33.1 Å². The van der Waals surface area contributed by atoms with Gasteiger partial charge in [0.05, 0.1) is 0 Å². The summed E-state index contributed by atoms with van der Waals surface area (Å²) in [5, 5.41) is 8.38. The number of nitrogen functional groups attached to an aromatic ring is 1. The smallest absolute Gasteiger partial charge is 0.124 e. The van der Waals surface area contributed by atoms with Crippen LogP contribution in [-0.4, -0.2) is 18.9 Å². The van der Waals surface area contributed by atoms with E-state index >= 15 is 0 Å². The largest absolute Gasteiger partial charge is 0.384 e. The first-order valence-electron chi connectivity index (χ1n) is 7.38. The SMILES string of the molecule is CC(C)C1CCCN(c2ccc(Cl)cc2C(=N)N)CC1. The molecule has 0 spiro atoms. The van der Waals surface area contributed by atoms with Crippen molar-refractivity contribution in [3.63, 3.8) is 0 Å². The normalized spacial score (nSPS) is 20.0. The minimum Gasteiger partial charge on any atom is -0.384 e. The number of anilines is 1. The van der Waals surface area contributed by atoms with E-state index in [-0.39, 0.29) is 5.84 Å². The molecule has 0 saturated carbocycles. The Morgan fingerprint density at radius 3 is 2.75 bits per heavy atom. The fourth-order valence-corrected chi connectivity index (χ4v) is 3.20. The molecular formula is C16H24ClN3. The monoisotopic (exact) mass is 293 g/mol. The Kier molecular flexibility index (Phi) is 4.92. The Morgan fingerprint density at radius 1 is 1.35 bits per heavy atom. The van der Waals surface area contributed by atoms with Gasteiger partial charge in [-0.05, 0) is 49.3 Å². The molecule has 0 bridgehead atoms. The fourth-order valence-electron chi connectivity index (χ4n) is 3.03. The number of nitrogens with one attached hydrogen (secondary N) is 1. The van der Waals surface area contributed by atoms with Crippen LogP contribution in [0.5, 0.6) is 0 Å².